The maximum Gasteiger partial charge on any atom is 0.0475 e. The van der Waals surface area contributed by atoms with Crippen LogP contribution in [0.3, 0.4) is 0 Å². The van der Waals surface area contributed by atoms with Crippen LogP contribution in [0.1, 0.15) is 13.8 Å². The Labute approximate surface area is 68.8 Å². The molecule has 1 aliphatic rings. The van der Waals surface area contributed by atoms with Crippen molar-refractivity contribution in [2.45, 2.75) is 13.8 Å². The van der Waals surface area contributed by atoms with Gasteiger partial charge in [-0.15, -0.1) is 0 Å². The Kier molecular flexibility index (Phi) is 2.78. The highest BCUT2D eigenvalue weighted by Gasteiger charge is 2.24. The van der Waals surface area contributed by atoms with E-state index in [0.717, 1.165) is 19.0 Å². The summed E-state index contributed by atoms with van der Waals surface area (Å²) in [4.78, 5) is 2.42. The topological polar surface area (TPSA) is 29.3 Å². The van der Waals surface area contributed by atoms with Gasteiger partial charge in [-0.25, -0.2) is 0 Å². The van der Waals surface area contributed by atoms with Crippen molar-refractivity contribution >= 4 is 0 Å². The molecule has 1 rings (SSSR count). The minimum Gasteiger partial charge on any atom is -0.359 e. The molecule has 0 aromatic carbocycles. The van der Waals surface area contributed by atoms with Crippen LogP contribution in [0.4, 0.5) is 0 Å². The molecule has 62 valence electrons. The van der Waals surface area contributed by atoms with Crippen LogP contribution in [0.5, 0.6) is 0 Å². The van der Waals surface area contributed by atoms with E-state index >= 15 is 0 Å². The summed E-state index contributed by atoms with van der Waals surface area (Å²) in [5.74, 6) is 4.28. The van der Waals surface area contributed by atoms with Crippen molar-refractivity contribution in [2.75, 3.05) is 19.6 Å². The molecule has 1 aliphatic heterocycles. The monoisotopic (exact) mass is 152 g/mol. The molecule has 0 aliphatic carbocycles. The quantitative estimate of drug-likeness (QED) is 0.461. The van der Waals surface area contributed by atoms with E-state index in [2.05, 4.69) is 30.7 Å². The van der Waals surface area contributed by atoms with Crippen molar-refractivity contribution in [2.24, 2.45) is 17.6 Å². The molecule has 0 radical (unpaired) electrons. The van der Waals surface area contributed by atoms with Crippen molar-refractivity contribution in [1.82, 2.24) is 4.90 Å². The Morgan fingerprint density at radius 2 is 2.18 bits per heavy atom. The first-order chi connectivity index (χ1) is 5.22. The van der Waals surface area contributed by atoms with Gasteiger partial charge < -0.3 is 10.6 Å². The minimum atomic E-state index is 0.541. The molecule has 0 saturated carbocycles. The summed E-state index contributed by atoms with van der Waals surface area (Å²) >= 11 is 0. The minimum absolute atomic E-state index is 0.541. The average Bonchev–Trinajstić information content (AvgIpc) is 1.82. The summed E-state index contributed by atoms with van der Waals surface area (Å²) in [7, 11) is 0. The molecule has 1 saturated heterocycles. The molecule has 2 nitrogen and oxygen atoms in total. The molecular weight excluding hydrogens is 136 g/mol. The van der Waals surface area contributed by atoms with Crippen LogP contribution in [0.2, 0.25) is 0 Å². The first-order valence-electron chi connectivity index (χ1n) is 4.16. The van der Waals surface area contributed by atoms with Gasteiger partial charge in [0.05, 0.1) is 0 Å². The Hall–Kier alpha value is -0.680. The summed E-state index contributed by atoms with van der Waals surface area (Å²) in [5.41, 5.74) is 5.11. The number of likely N-dealkylation sites (tertiary alicyclic amines) is 1. The Morgan fingerprint density at radius 1 is 1.55 bits per heavy atom. The van der Waals surface area contributed by atoms with Gasteiger partial charge in [0.2, 0.25) is 0 Å². The third kappa shape index (κ3) is 2.44. The molecular formula is C9H16N2. The van der Waals surface area contributed by atoms with Crippen molar-refractivity contribution < 1.29 is 0 Å². The fraction of sp³-hybridized carbons (Fsp3) is 0.778. The van der Waals surface area contributed by atoms with Gasteiger partial charge in [-0.05, 0) is 5.92 Å². The highest BCUT2D eigenvalue weighted by Crippen LogP contribution is 2.15. The van der Waals surface area contributed by atoms with Crippen molar-refractivity contribution in [3.05, 3.63) is 0 Å². The lowest BCUT2D eigenvalue weighted by atomic mass is 10.00. The van der Waals surface area contributed by atoms with Crippen LogP contribution in [0.25, 0.3) is 0 Å². The summed E-state index contributed by atoms with van der Waals surface area (Å²) in [6, 6.07) is 2.47. The summed E-state index contributed by atoms with van der Waals surface area (Å²) in [6.07, 6.45) is 0. The molecule has 1 fully saturated rings. The lowest BCUT2D eigenvalue weighted by Gasteiger charge is -2.37. The molecule has 0 atom stereocenters. The second kappa shape index (κ2) is 3.64. The average molecular weight is 152 g/mol. The fourth-order valence-electron chi connectivity index (χ4n) is 1.44. The predicted molar refractivity (Wildman–Crippen MR) is 46.7 cm³/mol. The largest absolute Gasteiger partial charge is 0.359 e. The van der Waals surface area contributed by atoms with Gasteiger partial charge in [0, 0.05) is 31.6 Å². The van der Waals surface area contributed by atoms with E-state index < -0.39 is 0 Å². The standard InChI is InChI=1S/C9H16N2/c1-8(2)5-11-6-9(7-11)3-4-10/h8-9H,5-7,10H2,1-2H3. The Balaban J connectivity index is 2.12. The second-order valence-corrected chi connectivity index (χ2v) is 3.60. The second-order valence-electron chi connectivity index (χ2n) is 3.60. The zero-order valence-corrected chi connectivity index (χ0v) is 7.30. The van der Waals surface area contributed by atoms with Gasteiger partial charge in [-0.3, -0.25) is 0 Å². The molecule has 2 N–H and O–H groups in total. The maximum absolute atomic E-state index is 5.11. The van der Waals surface area contributed by atoms with Crippen LogP contribution < -0.4 is 5.73 Å². The van der Waals surface area contributed by atoms with Crippen LogP contribution >= 0.6 is 0 Å². The van der Waals surface area contributed by atoms with Gasteiger partial charge in [-0.2, -0.15) is 0 Å². The highest BCUT2D eigenvalue weighted by atomic mass is 15.2. The van der Waals surface area contributed by atoms with E-state index in [1.54, 1.807) is 0 Å². The summed E-state index contributed by atoms with van der Waals surface area (Å²) in [6.45, 7) is 7.90. The molecule has 2 heteroatoms. The van der Waals surface area contributed by atoms with E-state index in [-0.39, 0.29) is 0 Å². The zero-order valence-electron chi connectivity index (χ0n) is 7.30. The molecule has 0 aromatic rings. The third-order valence-electron chi connectivity index (χ3n) is 1.87. The van der Waals surface area contributed by atoms with Gasteiger partial charge >= 0.3 is 0 Å². The van der Waals surface area contributed by atoms with E-state index in [9.17, 15) is 0 Å². The molecule has 0 bridgehead atoms. The molecule has 11 heavy (non-hydrogen) atoms. The Morgan fingerprint density at radius 3 is 2.64 bits per heavy atom. The van der Waals surface area contributed by atoms with Crippen LogP contribution in [-0.2, 0) is 0 Å². The maximum atomic E-state index is 5.11. The van der Waals surface area contributed by atoms with Crippen LogP contribution in [-0.4, -0.2) is 24.5 Å². The number of hydrogen-bond donors (Lipinski definition) is 1. The van der Waals surface area contributed by atoms with Gasteiger partial charge in [0.25, 0.3) is 0 Å². The van der Waals surface area contributed by atoms with E-state index in [0.29, 0.717) is 5.92 Å². The summed E-state index contributed by atoms with van der Waals surface area (Å²) in [5, 5.41) is 0. The SMILES string of the molecule is CC(C)CN1CC(C#CN)C1. The van der Waals surface area contributed by atoms with E-state index in [1.165, 1.54) is 6.54 Å². The van der Waals surface area contributed by atoms with Crippen molar-refractivity contribution in [3.8, 4) is 12.0 Å². The third-order valence-corrected chi connectivity index (χ3v) is 1.87. The Bertz CT molecular complexity index is 170. The van der Waals surface area contributed by atoms with Crippen molar-refractivity contribution in [3.63, 3.8) is 0 Å². The number of nitrogens with zero attached hydrogens (tertiary/aromatic N) is 1. The molecule has 1 heterocycles. The first-order valence-corrected chi connectivity index (χ1v) is 4.16. The van der Waals surface area contributed by atoms with Gasteiger partial charge in [0.15, 0.2) is 0 Å². The van der Waals surface area contributed by atoms with Gasteiger partial charge in [0.1, 0.15) is 0 Å². The lowest BCUT2D eigenvalue weighted by Crippen LogP contribution is -2.47. The normalized spacial score (nSPS) is 19.2. The first kappa shape index (κ1) is 8.42. The van der Waals surface area contributed by atoms with E-state index in [4.69, 9.17) is 5.73 Å². The smallest absolute Gasteiger partial charge is 0.0475 e. The van der Waals surface area contributed by atoms with Gasteiger partial charge in [-0.1, -0.05) is 19.8 Å². The fourth-order valence-corrected chi connectivity index (χ4v) is 1.44. The molecule has 0 aromatic heterocycles. The molecule has 0 unspecified atom stereocenters. The van der Waals surface area contributed by atoms with Crippen LogP contribution in [0, 0.1) is 23.8 Å². The van der Waals surface area contributed by atoms with Crippen molar-refractivity contribution in [1.29, 1.82) is 0 Å². The molecule has 0 amide bonds. The van der Waals surface area contributed by atoms with E-state index in [1.807, 2.05) is 0 Å². The van der Waals surface area contributed by atoms with Crippen LogP contribution in [0.15, 0.2) is 0 Å². The number of rotatable bonds is 2. The number of nitrogens with two attached hydrogens (primary N) is 1. The highest BCUT2D eigenvalue weighted by molar-refractivity contribution is 5.06. The number of hydrogen-bond acceptors (Lipinski definition) is 2. The zero-order chi connectivity index (χ0) is 8.27. The summed E-state index contributed by atoms with van der Waals surface area (Å²) < 4.78 is 0. The predicted octanol–water partition coefficient (Wildman–Crippen LogP) is 0.494. The lowest BCUT2D eigenvalue weighted by molar-refractivity contribution is 0.120. The molecule has 0 spiro atoms.